The molecule has 1 heterocycles. The fraction of sp³-hybridized carbons (Fsp3) is 1.00. The maximum atomic E-state index is 10.4. The van der Waals surface area contributed by atoms with E-state index in [1.54, 1.807) is 7.11 Å². The third-order valence-corrected chi connectivity index (χ3v) is 3.13. The Morgan fingerprint density at radius 2 is 2.33 bits per heavy atom. The third kappa shape index (κ3) is 4.49. The Balaban J connectivity index is 2.31. The molecule has 1 aliphatic heterocycles. The number of hydrogen-bond acceptors (Lipinski definition) is 3. The smallest absolute Gasteiger partial charge is 0.0695 e. The summed E-state index contributed by atoms with van der Waals surface area (Å²) in [5, 5.41) is 10.4. The summed E-state index contributed by atoms with van der Waals surface area (Å²) in [6, 6.07) is 0. The highest BCUT2D eigenvalue weighted by atomic mass is 16.5. The van der Waals surface area contributed by atoms with Crippen molar-refractivity contribution in [2.24, 2.45) is 0 Å². The van der Waals surface area contributed by atoms with Gasteiger partial charge in [-0.25, -0.2) is 0 Å². The van der Waals surface area contributed by atoms with Crippen molar-refractivity contribution in [2.45, 2.75) is 57.2 Å². The largest absolute Gasteiger partial charge is 0.390 e. The molecule has 1 fully saturated rings. The van der Waals surface area contributed by atoms with E-state index in [2.05, 4.69) is 6.92 Å². The number of aliphatic hydroxyl groups is 1. The zero-order valence-corrected chi connectivity index (χ0v) is 10.00. The second-order valence-corrected chi connectivity index (χ2v) is 4.56. The Kier molecular flexibility index (Phi) is 5.58. The van der Waals surface area contributed by atoms with E-state index in [0.29, 0.717) is 6.61 Å². The van der Waals surface area contributed by atoms with Crippen molar-refractivity contribution in [1.82, 2.24) is 0 Å². The van der Waals surface area contributed by atoms with Crippen LogP contribution in [0.4, 0.5) is 0 Å². The lowest BCUT2D eigenvalue weighted by atomic mass is 9.85. The van der Waals surface area contributed by atoms with Crippen LogP contribution in [0, 0.1) is 0 Å². The van der Waals surface area contributed by atoms with Crippen molar-refractivity contribution in [1.29, 1.82) is 0 Å². The van der Waals surface area contributed by atoms with Crippen LogP contribution >= 0.6 is 0 Å². The molecule has 15 heavy (non-hydrogen) atoms. The van der Waals surface area contributed by atoms with Gasteiger partial charge < -0.3 is 14.6 Å². The van der Waals surface area contributed by atoms with Gasteiger partial charge in [-0.15, -0.1) is 0 Å². The average molecular weight is 216 g/mol. The van der Waals surface area contributed by atoms with Crippen LogP contribution in [0.3, 0.4) is 0 Å². The van der Waals surface area contributed by atoms with Gasteiger partial charge in [0.15, 0.2) is 0 Å². The molecule has 0 bridgehead atoms. The summed E-state index contributed by atoms with van der Waals surface area (Å²) >= 11 is 0. The van der Waals surface area contributed by atoms with Crippen LogP contribution in [-0.4, -0.2) is 37.1 Å². The van der Waals surface area contributed by atoms with E-state index in [4.69, 9.17) is 9.47 Å². The van der Waals surface area contributed by atoms with Crippen LogP contribution in [0.5, 0.6) is 0 Å². The highest BCUT2D eigenvalue weighted by Crippen LogP contribution is 2.30. The van der Waals surface area contributed by atoms with Gasteiger partial charge in [0.1, 0.15) is 0 Å². The molecule has 0 aromatic rings. The molecule has 2 unspecified atom stereocenters. The molecule has 0 aromatic heterocycles. The summed E-state index contributed by atoms with van der Waals surface area (Å²) in [5.74, 6) is 0. The van der Waals surface area contributed by atoms with E-state index in [-0.39, 0.29) is 6.10 Å². The molecule has 3 heteroatoms. The van der Waals surface area contributed by atoms with Gasteiger partial charge in [-0.3, -0.25) is 0 Å². The maximum Gasteiger partial charge on any atom is 0.0695 e. The van der Waals surface area contributed by atoms with Crippen LogP contribution in [0.1, 0.15) is 45.4 Å². The van der Waals surface area contributed by atoms with Gasteiger partial charge in [0.2, 0.25) is 0 Å². The fourth-order valence-corrected chi connectivity index (χ4v) is 2.28. The van der Waals surface area contributed by atoms with Crippen molar-refractivity contribution in [2.75, 3.05) is 20.3 Å². The molecule has 0 radical (unpaired) electrons. The Bertz CT molecular complexity index is 170. The normalized spacial score (nSPS) is 31.8. The second-order valence-electron chi connectivity index (χ2n) is 4.56. The monoisotopic (exact) mass is 216 g/mol. The molecule has 0 spiro atoms. The van der Waals surface area contributed by atoms with Crippen LogP contribution in [0.25, 0.3) is 0 Å². The molecule has 0 saturated carbocycles. The zero-order chi connectivity index (χ0) is 11.1. The molecule has 1 rings (SSSR count). The van der Waals surface area contributed by atoms with E-state index in [1.165, 1.54) is 0 Å². The number of hydrogen-bond donors (Lipinski definition) is 1. The Morgan fingerprint density at radius 3 is 3.00 bits per heavy atom. The Labute approximate surface area is 92.8 Å². The summed E-state index contributed by atoms with van der Waals surface area (Å²) in [6.07, 6.45) is 5.79. The van der Waals surface area contributed by atoms with Crippen LogP contribution in [0.15, 0.2) is 0 Å². The highest BCUT2D eigenvalue weighted by molar-refractivity contribution is 4.85. The first-order valence-electron chi connectivity index (χ1n) is 6.03. The molecule has 0 aliphatic carbocycles. The van der Waals surface area contributed by atoms with Gasteiger partial charge in [-0.1, -0.05) is 13.3 Å². The second kappa shape index (κ2) is 6.46. The topological polar surface area (TPSA) is 38.7 Å². The van der Waals surface area contributed by atoms with Crippen molar-refractivity contribution >= 4 is 0 Å². The zero-order valence-electron chi connectivity index (χ0n) is 10.00. The lowest BCUT2D eigenvalue weighted by molar-refractivity contribution is -0.110. The van der Waals surface area contributed by atoms with E-state index in [0.717, 1.165) is 45.1 Å². The predicted molar refractivity (Wildman–Crippen MR) is 59.9 cm³/mol. The Hall–Kier alpha value is -0.120. The summed E-state index contributed by atoms with van der Waals surface area (Å²) in [6.45, 7) is 3.59. The van der Waals surface area contributed by atoms with Gasteiger partial charge in [0.25, 0.3) is 0 Å². The molecule has 1 N–H and O–H groups in total. The highest BCUT2D eigenvalue weighted by Gasteiger charge is 2.33. The van der Waals surface area contributed by atoms with Gasteiger partial charge >= 0.3 is 0 Å². The van der Waals surface area contributed by atoms with Gasteiger partial charge in [-0.05, 0) is 25.7 Å². The van der Waals surface area contributed by atoms with E-state index >= 15 is 0 Å². The average Bonchev–Trinajstić information content (AvgIpc) is 2.18. The molecular formula is C12H24O3. The van der Waals surface area contributed by atoms with Crippen molar-refractivity contribution in [3.8, 4) is 0 Å². The summed E-state index contributed by atoms with van der Waals surface area (Å²) in [7, 11) is 1.70. The summed E-state index contributed by atoms with van der Waals surface area (Å²) < 4.78 is 10.6. The fourth-order valence-electron chi connectivity index (χ4n) is 2.28. The number of methoxy groups -OCH3 is 1. The van der Waals surface area contributed by atoms with Gasteiger partial charge in [-0.2, -0.15) is 0 Å². The quantitative estimate of drug-likeness (QED) is 0.691. The van der Waals surface area contributed by atoms with Crippen LogP contribution in [0.2, 0.25) is 0 Å². The molecule has 0 amide bonds. The van der Waals surface area contributed by atoms with E-state index < -0.39 is 5.60 Å². The summed E-state index contributed by atoms with van der Waals surface area (Å²) in [4.78, 5) is 0. The van der Waals surface area contributed by atoms with Gasteiger partial charge in [0, 0.05) is 26.7 Å². The number of ether oxygens (including phenoxy) is 2. The molecule has 2 atom stereocenters. The minimum Gasteiger partial charge on any atom is -0.390 e. The lowest BCUT2D eigenvalue weighted by Gasteiger charge is -2.37. The lowest BCUT2D eigenvalue weighted by Crippen LogP contribution is -2.40. The molecular weight excluding hydrogens is 192 g/mol. The molecule has 1 saturated heterocycles. The van der Waals surface area contributed by atoms with E-state index in [1.807, 2.05) is 0 Å². The van der Waals surface area contributed by atoms with Crippen LogP contribution in [-0.2, 0) is 9.47 Å². The standard InChI is InChI=1S/C12H24O3/c1-3-5-11-10-12(13,7-9-15-11)6-4-8-14-2/h11,13H,3-10H2,1-2H3. The first-order chi connectivity index (χ1) is 7.20. The predicted octanol–water partition coefficient (Wildman–Crippen LogP) is 2.12. The van der Waals surface area contributed by atoms with Gasteiger partial charge in [0.05, 0.1) is 11.7 Å². The minimum atomic E-state index is -0.503. The van der Waals surface area contributed by atoms with E-state index in [9.17, 15) is 5.11 Å². The Morgan fingerprint density at radius 1 is 1.53 bits per heavy atom. The van der Waals surface area contributed by atoms with Crippen LogP contribution < -0.4 is 0 Å². The van der Waals surface area contributed by atoms with Crippen molar-refractivity contribution < 1.29 is 14.6 Å². The summed E-state index contributed by atoms with van der Waals surface area (Å²) in [5.41, 5.74) is -0.503. The van der Waals surface area contributed by atoms with Crippen molar-refractivity contribution in [3.05, 3.63) is 0 Å². The molecule has 0 aromatic carbocycles. The molecule has 3 nitrogen and oxygen atoms in total. The molecule has 90 valence electrons. The first-order valence-corrected chi connectivity index (χ1v) is 6.03. The number of rotatable bonds is 6. The molecule has 1 aliphatic rings. The van der Waals surface area contributed by atoms with Crippen molar-refractivity contribution in [3.63, 3.8) is 0 Å². The third-order valence-electron chi connectivity index (χ3n) is 3.13. The maximum absolute atomic E-state index is 10.4. The first kappa shape index (κ1) is 12.9. The minimum absolute atomic E-state index is 0.260. The SMILES string of the molecule is CCCC1CC(O)(CCCOC)CCO1.